The van der Waals surface area contributed by atoms with Gasteiger partial charge in [-0.15, -0.1) is 0 Å². The minimum absolute atomic E-state index is 0.117. The van der Waals surface area contributed by atoms with Crippen molar-refractivity contribution in [3.8, 4) is 0 Å². The Balaban J connectivity index is 2.32. The molecule has 0 fully saturated rings. The fraction of sp³-hybridized carbons (Fsp3) is 0.778. The van der Waals surface area contributed by atoms with Crippen LogP contribution in [0, 0.1) is 5.41 Å². The molecule has 80 valence electrons. The molecule has 0 bridgehead atoms. The van der Waals surface area contributed by atoms with Crippen molar-refractivity contribution in [1.29, 1.82) is 0 Å². The number of hydrogen-bond acceptors (Lipinski definition) is 4. The predicted molar refractivity (Wildman–Crippen MR) is 51.5 cm³/mol. The van der Waals surface area contributed by atoms with E-state index in [9.17, 15) is 0 Å². The molecule has 0 aliphatic heterocycles. The minimum Gasteiger partial charge on any atom is -0.396 e. The lowest BCUT2D eigenvalue weighted by atomic mass is 9.97. The summed E-state index contributed by atoms with van der Waals surface area (Å²) in [5.74, 6) is 0.790. The van der Waals surface area contributed by atoms with Gasteiger partial charge in [0.1, 0.15) is 12.9 Å². The molecule has 14 heavy (non-hydrogen) atoms. The Labute approximate surface area is 83.7 Å². The average molecular weight is 199 g/mol. The van der Waals surface area contributed by atoms with E-state index >= 15 is 0 Å². The van der Waals surface area contributed by atoms with Crippen LogP contribution in [0.3, 0.4) is 0 Å². The maximum Gasteiger partial charge on any atom is 0.152 e. The molecule has 1 N–H and O–H groups in total. The summed E-state index contributed by atoms with van der Waals surface area (Å²) in [4.78, 5) is 4.03. The van der Waals surface area contributed by atoms with Gasteiger partial charge in [0, 0.05) is 12.5 Å². The maximum absolute atomic E-state index is 8.99. The second-order valence-electron chi connectivity index (χ2n) is 4.12. The lowest BCUT2D eigenvalue weighted by molar-refractivity contribution is 0.0163. The van der Waals surface area contributed by atoms with Crippen LogP contribution in [0.5, 0.6) is 0 Å². The number of ether oxygens (including phenoxy) is 1. The van der Waals surface area contributed by atoms with E-state index < -0.39 is 0 Å². The van der Waals surface area contributed by atoms with Crippen molar-refractivity contribution in [1.82, 2.24) is 14.8 Å². The van der Waals surface area contributed by atoms with Crippen LogP contribution in [-0.2, 0) is 18.4 Å². The molecule has 0 aliphatic carbocycles. The van der Waals surface area contributed by atoms with Crippen molar-refractivity contribution in [2.24, 2.45) is 12.5 Å². The number of aliphatic hydroxyl groups is 1. The van der Waals surface area contributed by atoms with E-state index in [4.69, 9.17) is 9.84 Å². The third-order valence-corrected chi connectivity index (χ3v) is 1.96. The van der Waals surface area contributed by atoms with Gasteiger partial charge in [0.25, 0.3) is 0 Å². The lowest BCUT2D eigenvalue weighted by Gasteiger charge is -2.20. The standard InChI is InChI=1S/C9H17N3O2/c1-9(2,5-13)6-14-4-8-10-7-11-12(8)3/h7,13H,4-6H2,1-3H3. The van der Waals surface area contributed by atoms with Crippen LogP contribution in [0.4, 0.5) is 0 Å². The highest BCUT2D eigenvalue weighted by atomic mass is 16.5. The van der Waals surface area contributed by atoms with Crippen LogP contribution in [0.1, 0.15) is 19.7 Å². The topological polar surface area (TPSA) is 60.2 Å². The van der Waals surface area contributed by atoms with Gasteiger partial charge >= 0.3 is 0 Å². The highest BCUT2D eigenvalue weighted by molar-refractivity contribution is 4.79. The molecule has 5 nitrogen and oxygen atoms in total. The molecule has 0 amide bonds. The smallest absolute Gasteiger partial charge is 0.152 e. The van der Waals surface area contributed by atoms with Gasteiger partial charge in [0.15, 0.2) is 5.82 Å². The van der Waals surface area contributed by atoms with Gasteiger partial charge in [-0.2, -0.15) is 5.10 Å². The predicted octanol–water partition coefficient (Wildman–Crippen LogP) is 0.350. The Bertz CT molecular complexity index is 283. The molecule has 0 unspecified atom stereocenters. The highest BCUT2D eigenvalue weighted by Gasteiger charge is 2.16. The largest absolute Gasteiger partial charge is 0.396 e. The molecule has 1 rings (SSSR count). The first-order valence-corrected chi connectivity index (χ1v) is 4.57. The fourth-order valence-corrected chi connectivity index (χ4v) is 0.915. The van der Waals surface area contributed by atoms with E-state index in [1.807, 2.05) is 20.9 Å². The van der Waals surface area contributed by atoms with Gasteiger partial charge in [0.2, 0.25) is 0 Å². The van der Waals surface area contributed by atoms with Gasteiger partial charge in [-0.1, -0.05) is 13.8 Å². The molecule has 1 aromatic heterocycles. The van der Waals surface area contributed by atoms with Gasteiger partial charge in [0.05, 0.1) is 13.2 Å². The Hall–Kier alpha value is -0.940. The molecule has 0 atom stereocenters. The zero-order valence-electron chi connectivity index (χ0n) is 8.90. The van der Waals surface area contributed by atoms with Gasteiger partial charge in [-0.05, 0) is 0 Å². The van der Waals surface area contributed by atoms with E-state index in [2.05, 4.69) is 10.1 Å². The van der Waals surface area contributed by atoms with Crippen molar-refractivity contribution in [3.05, 3.63) is 12.2 Å². The molecule has 0 saturated carbocycles. The van der Waals surface area contributed by atoms with Crippen LogP contribution in [-0.4, -0.2) is 33.1 Å². The van der Waals surface area contributed by atoms with Gasteiger partial charge < -0.3 is 9.84 Å². The van der Waals surface area contributed by atoms with Crippen LogP contribution < -0.4 is 0 Å². The molecule has 1 heterocycles. The summed E-state index contributed by atoms with van der Waals surface area (Å²) in [6.45, 7) is 4.95. The quantitative estimate of drug-likeness (QED) is 0.743. The molecular weight excluding hydrogens is 182 g/mol. The van der Waals surface area contributed by atoms with Crippen molar-refractivity contribution in [2.45, 2.75) is 20.5 Å². The number of aryl methyl sites for hydroxylation is 1. The summed E-state index contributed by atoms with van der Waals surface area (Å²) in [7, 11) is 1.82. The van der Waals surface area contributed by atoms with Crippen molar-refractivity contribution >= 4 is 0 Å². The normalized spacial score (nSPS) is 12.0. The average Bonchev–Trinajstić information content (AvgIpc) is 2.52. The first-order valence-electron chi connectivity index (χ1n) is 4.57. The second kappa shape index (κ2) is 4.52. The number of aromatic nitrogens is 3. The highest BCUT2D eigenvalue weighted by Crippen LogP contribution is 2.14. The third-order valence-electron chi connectivity index (χ3n) is 1.96. The Morgan fingerprint density at radius 1 is 1.57 bits per heavy atom. The first kappa shape index (κ1) is 11.1. The van der Waals surface area contributed by atoms with E-state index in [-0.39, 0.29) is 12.0 Å². The zero-order valence-corrected chi connectivity index (χ0v) is 8.90. The molecule has 0 spiro atoms. The van der Waals surface area contributed by atoms with Crippen LogP contribution in [0.15, 0.2) is 6.33 Å². The molecule has 5 heteroatoms. The second-order valence-corrected chi connectivity index (χ2v) is 4.12. The SMILES string of the molecule is Cn1ncnc1COCC(C)(C)CO. The van der Waals surface area contributed by atoms with Gasteiger partial charge in [-0.25, -0.2) is 4.98 Å². The summed E-state index contributed by atoms with van der Waals surface area (Å²) in [5, 5.41) is 12.9. The molecule has 1 aromatic rings. The van der Waals surface area contributed by atoms with Crippen molar-refractivity contribution < 1.29 is 9.84 Å². The lowest BCUT2D eigenvalue weighted by Crippen LogP contribution is -2.23. The molecule has 0 aromatic carbocycles. The first-order chi connectivity index (χ1) is 6.55. The Kier molecular flexibility index (Phi) is 3.60. The van der Waals surface area contributed by atoms with E-state index in [0.29, 0.717) is 13.2 Å². The summed E-state index contributed by atoms with van der Waals surface area (Å²) >= 11 is 0. The molecule has 0 radical (unpaired) electrons. The molecule has 0 aliphatic rings. The number of hydrogen-bond donors (Lipinski definition) is 1. The van der Waals surface area contributed by atoms with Crippen LogP contribution in [0.2, 0.25) is 0 Å². The van der Waals surface area contributed by atoms with Crippen LogP contribution >= 0.6 is 0 Å². The molecule has 0 saturated heterocycles. The van der Waals surface area contributed by atoms with E-state index in [0.717, 1.165) is 5.82 Å². The number of rotatable bonds is 5. The van der Waals surface area contributed by atoms with E-state index in [1.54, 1.807) is 4.68 Å². The maximum atomic E-state index is 8.99. The van der Waals surface area contributed by atoms with Gasteiger partial charge in [-0.3, -0.25) is 4.68 Å². The summed E-state index contributed by atoms with van der Waals surface area (Å²) in [6.07, 6.45) is 1.50. The van der Waals surface area contributed by atoms with Crippen molar-refractivity contribution in [3.63, 3.8) is 0 Å². The zero-order chi connectivity index (χ0) is 10.6. The monoisotopic (exact) mass is 199 g/mol. The number of aliphatic hydroxyl groups excluding tert-OH is 1. The Morgan fingerprint density at radius 2 is 2.29 bits per heavy atom. The van der Waals surface area contributed by atoms with Crippen LogP contribution in [0.25, 0.3) is 0 Å². The van der Waals surface area contributed by atoms with Crippen molar-refractivity contribution in [2.75, 3.05) is 13.2 Å². The minimum atomic E-state index is -0.196. The van der Waals surface area contributed by atoms with E-state index in [1.165, 1.54) is 6.33 Å². The third kappa shape index (κ3) is 3.08. The fourth-order valence-electron chi connectivity index (χ4n) is 0.915. The summed E-state index contributed by atoms with van der Waals surface area (Å²) < 4.78 is 7.10. The molecular formula is C9H17N3O2. The Morgan fingerprint density at radius 3 is 2.79 bits per heavy atom. The summed E-state index contributed by atoms with van der Waals surface area (Å²) in [6, 6.07) is 0. The number of nitrogens with zero attached hydrogens (tertiary/aromatic N) is 3. The summed E-state index contributed by atoms with van der Waals surface area (Å²) in [5.41, 5.74) is -0.196.